The maximum absolute atomic E-state index is 11.8. The highest BCUT2D eigenvalue weighted by molar-refractivity contribution is 5.95. The molecule has 3 rings (SSSR count). The van der Waals surface area contributed by atoms with Gasteiger partial charge in [-0.2, -0.15) is 0 Å². The van der Waals surface area contributed by atoms with Crippen LogP contribution in [0.5, 0.6) is 5.75 Å². The van der Waals surface area contributed by atoms with Gasteiger partial charge in [-0.3, -0.25) is 14.9 Å². The molecule has 0 saturated carbocycles. The third-order valence-corrected chi connectivity index (χ3v) is 4.75. The first kappa shape index (κ1) is 18.7. The summed E-state index contributed by atoms with van der Waals surface area (Å²) in [6.07, 6.45) is 1.96. The van der Waals surface area contributed by atoms with Crippen molar-refractivity contribution in [1.82, 2.24) is 5.32 Å². The quantitative estimate of drug-likeness (QED) is 0.624. The smallest absolute Gasteiger partial charge is 0.293 e. The Kier molecular flexibility index (Phi) is 5.90. The summed E-state index contributed by atoms with van der Waals surface area (Å²) < 4.78 is 5.86. The third-order valence-electron chi connectivity index (χ3n) is 4.75. The first-order chi connectivity index (χ1) is 13.1. The number of para-hydroxylation sites is 1. The van der Waals surface area contributed by atoms with E-state index in [1.807, 2.05) is 35.2 Å². The Hall–Kier alpha value is -3.09. The molecule has 7 nitrogen and oxygen atoms in total. The van der Waals surface area contributed by atoms with Crippen molar-refractivity contribution in [2.24, 2.45) is 5.92 Å². The first-order valence-electron chi connectivity index (χ1n) is 9.02. The Morgan fingerprint density at radius 1 is 1.30 bits per heavy atom. The number of nitrogens with zero attached hydrogens (tertiary/aromatic N) is 2. The van der Waals surface area contributed by atoms with Gasteiger partial charge in [0.05, 0.1) is 11.5 Å². The maximum atomic E-state index is 11.8. The second-order valence-corrected chi connectivity index (χ2v) is 6.62. The maximum Gasteiger partial charge on any atom is 0.293 e. The number of piperidine rings is 1. The second-order valence-electron chi connectivity index (χ2n) is 6.62. The number of nitro benzene ring substituents is 1. The number of ether oxygens (including phenoxy) is 1. The van der Waals surface area contributed by atoms with Gasteiger partial charge in [0.2, 0.25) is 0 Å². The molecule has 7 heteroatoms. The molecule has 1 aliphatic heterocycles. The summed E-state index contributed by atoms with van der Waals surface area (Å²) in [5, 5.41) is 14.0. The Morgan fingerprint density at radius 2 is 2.07 bits per heavy atom. The van der Waals surface area contributed by atoms with Crippen LogP contribution in [-0.2, 0) is 0 Å². The van der Waals surface area contributed by atoms with Gasteiger partial charge in [0.1, 0.15) is 11.4 Å². The predicted octanol–water partition coefficient (Wildman–Crippen LogP) is 3.25. The van der Waals surface area contributed by atoms with Crippen molar-refractivity contribution in [3.63, 3.8) is 0 Å². The van der Waals surface area contributed by atoms with Crippen LogP contribution in [0.15, 0.2) is 48.5 Å². The average molecular weight is 369 g/mol. The lowest BCUT2D eigenvalue weighted by molar-refractivity contribution is -0.384. The molecule has 2 aromatic carbocycles. The van der Waals surface area contributed by atoms with Crippen molar-refractivity contribution in [3.8, 4) is 5.75 Å². The van der Waals surface area contributed by atoms with Crippen molar-refractivity contribution < 1.29 is 14.5 Å². The summed E-state index contributed by atoms with van der Waals surface area (Å²) in [4.78, 5) is 24.9. The number of anilines is 1. The molecule has 27 heavy (non-hydrogen) atoms. The summed E-state index contributed by atoms with van der Waals surface area (Å²) in [5.74, 6) is 0.783. The summed E-state index contributed by atoms with van der Waals surface area (Å²) in [6, 6.07) is 14.3. The van der Waals surface area contributed by atoms with E-state index in [4.69, 9.17) is 4.74 Å². The largest absolute Gasteiger partial charge is 0.493 e. The first-order valence-corrected chi connectivity index (χ1v) is 9.02. The fourth-order valence-corrected chi connectivity index (χ4v) is 3.37. The molecule has 0 spiro atoms. The van der Waals surface area contributed by atoms with Crippen molar-refractivity contribution in [3.05, 3.63) is 64.2 Å². The zero-order valence-corrected chi connectivity index (χ0v) is 15.3. The zero-order valence-electron chi connectivity index (χ0n) is 15.3. The molecule has 1 atom stereocenters. The lowest BCUT2D eigenvalue weighted by atomic mass is 9.98. The minimum absolute atomic E-state index is 0.0410. The van der Waals surface area contributed by atoms with E-state index in [2.05, 4.69) is 5.32 Å². The Bertz CT molecular complexity index is 810. The number of nitro groups is 1. The predicted molar refractivity (Wildman–Crippen MR) is 103 cm³/mol. The highest BCUT2D eigenvalue weighted by Gasteiger charge is 2.27. The molecule has 0 radical (unpaired) electrons. The lowest BCUT2D eigenvalue weighted by Gasteiger charge is -2.34. The van der Waals surface area contributed by atoms with Gasteiger partial charge in [-0.05, 0) is 37.1 Å². The summed E-state index contributed by atoms with van der Waals surface area (Å²) >= 11 is 0. The molecule has 1 fully saturated rings. The SMILES string of the molecule is CNC(=O)c1ccc(N2CCCC(COc3ccccc3)C2)c([N+](=O)[O-])c1. The summed E-state index contributed by atoms with van der Waals surface area (Å²) in [5.41, 5.74) is 0.798. The molecule has 0 aliphatic carbocycles. The Balaban J connectivity index is 1.73. The lowest BCUT2D eigenvalue weighted by Crippen LogP contribution is -2.38. The van der Waals surface area contributed by atoms with E-state index >= 15 is 0 Å². The minimum Gasteiger partial charge on any atom is -0.493 e. The number of amides is 1. The monoisotopic (exact) mass is 369 g/mol. The van der Waals surface area contributed by atoms with E-state index in [1.165, 1.54) is 13.1 Å². The van der Waals surface area contributed by atoms with E-state index in [0.717, 1.165) is 25.1 Å². The van der Waals surface area contributed by atoms with Crippen LogP contribution >= 0.6 is 0 Å². The van der Waals surface area contributed by atoms with Gasteiger partial charge in [-0.15, -0.1) is 0 Å². The zero-order chi connectivity index (χ0) is 19.2. The molecule has 1 unspecified atom stereocenters. The molecule has 2 aromatic rings. The van der Waals surface area contributed by atoms with Gasteiger partial charge in [-0.1, -0.05) is 18.2 Å². The van der Waals surface area contributed by atoms with Gasteiger partial charge in [-0.25, -0.2) is 0 Å². The number of rotatable bonds is 6. The molecule has 1 aliphatic rings. The highest BCUT2D eigenvalue weighted by atomic mass is 16.6. The van der Waals surface area contributed by atoms with Gasteiger partial charge >= 0.3 is 0 Å². The van der Waals surface area contributed by atoms with E-state index < -0.39 is 4.92 Å². The number of nitrogens with one attached hydrogen (secondary N) is 1. The van der Waals surface area contributed by atoms with Crippen LogP contribution in [0.2, 0.25) is 0 Å². The van der Waals surface area contributed by atoms with E-state index in [1.54, 1.807) is 12.1 Å². The molecule has 1 N–H and O–H groups in total. The van der Waals surface area contributed by atoms with Crippen LogP contribution in [-0.4, -0.2) is 37.6 Å². The van der Waals surface area contributed by atoms with E-state index in [-0.39, 0.29) is 23.1 Å². The molecule has 142 valence electrons. The molecule has 1 saturated heterocycles. The van der Waals surface area contributed by atoms with Crippen LogP contribution in [0.25, 0.3) is 0 Å². The number of hydrogen-bond donors (Lipinski definition) is 1. The van der Waals surface area contributed by atoms with Gasteiger partial charge in [0.25, 0.3) is 11.6 Å². The minimum atomic E-state index is -0.425. The third kappa shape index (κ3) is 4.55. The summed E-state index contributed by atoms with van der Waals surface area (Å²) in [6.45, 7) is 2.01. The number of hydrogen-bond acceptors (Lipinski definition) is 5. The fraction of sp³-hybridized carbons (Fsp3) is 0.350. The van der Waals surface area contributed by atoms with Crippen LogP contribution in [0.1, 0.15) is 23.2 Å². The van der Waals surface area contributed by atoms with Crippen molar-refractivity contribution in [1.29, 1.82) is 0 Å². The molecular formula is C20H23N3O4. The number of benzene rings is 2. The van der Waals surface area contributed by atoms with Crippen molar-refractivity contribution >= 4 is 17.3 Å². The fourth-order valence-electron chi connectivity index (χ4n) is 3.37. The van der Waals surface area contributed by atoms with Gasteiger partial charge in [0, 0.05) is 37.7 Å². The summed E-state index contributed by atoms with van der Waals surface area (Å²) in [7, 11) is 1.50. The normalized spacial score (nSPS) is 16.6. The topological polar surface area (TPSA) is 84.7 Å². The van der Waals surface area contributed by atoms with Gasteiger partial charge in [0.15, 0.2) is 0 Å². The Labute approximate surface area is 158 Å². The van der Waals surface area contributed by atoms with Crippen LogP contribution in [0, 0.1) is 16.0 Å². The van der Waals surface area contributed by atoms with Crippen LogP contribution in [0.3, 0.4) is 0 Å². The molecule has 0 bridgehead atoms. The van der Waals surface area contributed by atoms with Crippen LogP contribution < -0.4 is 15.0 Å². The standard InChI is InChI=1S/C20H23N3O4/c1-21-20(24)16-9-10-18(19(12-16)23(25)26)22-11-5-6-15(13-22)14-27-17-7-3-2-4-8-17/h2-4,7-10,12,15H,5-6,11,13-14H2,1H3,(H,21,24). The van der Waals surface area contributed by atoms with Gasteiger partial charge < -0.3 is 15.0 Å². The Morgan fingerprint density at radius 3 is 2.78 bits per heavy atom. The van der Waals surface area contributed by atoms with E-state index in [9.17, 15) is 14.9 Å². The average Bonchev–Trinajstić information content (AvgIpc) is 2.72. The number of carbonyl (C=O) groups excluding carboxylic acids is 1. The molecule has 1 amide bonds. The van der Waals surface area contributed by atoms with E-state index in [0.29, 0.717) is 18.8 Å². The second kappa shape index (κ2) is 8.53. The van der Waals surface area contributed by atoms with Crippen LogP contribution in [0.4, 0.5) is 11.4 Å². The highest BCUT2D eigenvalue weighted by Crippen LogP contribution is 2.32. The van der Waals surface area contributed by atoms with Crippen molar-refractivity contribution in [2.75, 3.05) is 31.6 Å². The molecule has 0 aromatic heterocycles. The molecular weight excluding hydrogens is 346 g/mol. The molecule has 1 heterocycles. The van der Waals surface area contributed by atoms with Crippen molar-refractivity contribution in [2.45, 2.75) is 12.8 Å². The number of carbonyl (C=O) groups is 1.